The van der Waals surface area contributed by atoms with Gasteiger partial charge in [0, 0.05) is 12.2 Å². The molecule has 0 saturated heterocycles. The summed E-state index contributed by atoms with van der Waals surface area (Å²) in [7, 11) is 0. The fraction of sp³-hybridized carbons (Fsp3) is 0.636. The lowest BCUT2D eigenvalue weighted by Gasteiger charge is -2.25. The van der Waals surface area contributed by atoms with Crippen LogP contribution in [0, 0.1) is 19.8 Å². The van der Waals surface area contributed by atoms with Crippen LogP contribution in [0.2, 0.25) is 0 Å². The van der Waals surface area contributed by atoms with Crippen LogP contribution in [0.25, 0.3) is 0 Å². The predicted molar refractivity (Wildman–Crippen MR) is 57.7 cm³/mol. The Morgan fingerprint density at radius 1 is 1.53 bits per heavy atom. The molecule has 0 aromatic carbocycles. The van der Waals surface area contributed by atoms with E-state index in [1.54, 1.807) is 0 Å². The van der Waals surface area contributed by atoms with E-state index in [4.69, 9.17) is 0 Å². The van der Waals surface area contributed by atoms with Crippen LogP contribution in [0.5, 0.6) is 0 Å². The highest BCUT2D eigenvalue weighted by Gasteiger charge is 2.20. The number of H-pyrrole nitrogens is 1. The van der Waals surface area contributed by atoms with Crippen LogP contribution in [0.15, 0.2) is 0 Å². The van der Waals surface area contributed by atoms with Gasteiger partial charge in [-0.25, -0.2) is 0 Å². The van der Waals surface area contributed by atoms with Crippen molar-refractivity contribution in [3.05, 3.63) is 17.0 Å². The molecule has 1 aromatic rings. The maximum Gasteiger partial charge on any atom is 0.255 e. The lowest BCUT2D eigenvalue weighted by Crippen LogP contribution is -2.32. The predicted octanol–water partition coefficient (Wildman–Crippen LogP) is 1.56. The third-order valence-corrected chi connectivity index (χ3v) is 3.13. The SMILES string of the molecule is Cc1n[nH]c(C)c1C(=O)NCC1CCC1. The van der Waals surface area contributed by atoms with E-state index in [2.05, 4.69) is 15.5 Å². The number of amides is 1. The maximum absolute atomic E-state index is 11.8. The molecule has 82 valence electrons. The normalized spacial score (nSPS) is 16.1. The molecule has 1 aliphatic carbocycles. The second kappa shape index (κ2) is 4.04. The molecule has 0 radical (unpaired) electrons. The molecular weight excluding hydrogens is 190 g/mol. The lowest BCUT2D eigenvalue weighted by molar-refractivity contribution is 0.0938. The first-order valence-corrected chi connectivity index (χ1v) is 5.48. The minimum Gasteiger partial charge on any atom is -0.352 e. The summed E-state index contributed by atoms with van der Waals surface area (Å²) in [5, 5.41) is 9.80. The minimum absolute atomic E-state index is 0.00523. The molecule has 2 N–H and O–H groups in total. The summed E-state index contributed by atoms with van der Waals surface area (Å²) in [5.41, 5.74) is 2.33. The monoisotopic (exact) mass is 207 g/mol. The van der Waals surface area contributed by atoms with Gasteiger partial charge in [-0.1, -0.05) is 6.42 Å². The Kier molecular flexibility index (Phi) is 2.75. The molecular formula is C11H17N3O. The standard InChI is InChI=1S/C11H17N3O/c1-7-10(8(2)14-13-7)11(15)12-6-9-4-3-5-9/h9H,3-6H2,1-2H3,(H,12,15)(H,13,14). The van der Waals surface area contributed by atoms with Gasteiger partial charge in [-0.15, -0.1) is 0 Å². The van der Waals surface area contributed by atoms with E-state index in [9.17, 15) is 4.79 Å². The summed E-state index contributed by atoms with van der Waals surface area (Å²) in [6.07, 6.45) is 3.82. The second-order valence-corrected chi connectivity index (χ2v) is 4.32. The summed E-state index contributed by atoms with van der Waals surface area (Å²) in [6.45, 7) is 4.53. The molecule has 1 fully saturated rings. The Labute approximate surface area is 89.5 Å². The van der Waals surface area contributed by atoms with Gasteiger partial charge in [-0.2, -0.15) is 5.10 Å². The maximum atomic E-state index is 11.8. The molecule has 0 unspecified atom stereocenters. The largest absolute Gasteiger partial charge is 0.352 e. The van der Waals surface area contributed by atoms with Gasteiger partial charge in [-0.05, 0) is 32.6 Å². The number of nitrogens with one attached hydrogen (secondary N) is 2. The fourth-order valence-corrected chi connectivity index (χ4v) is 1.91. The van der Waals surface area contributed by atoms with Crippen LogP contribution in [-0.4, -0.2) is 22.6 Å². The summed E-state index contributed by atoms with van der Waals surface area (Å²) in [6, 6.07) is 0. The third-order valence-electron chi connectivity index (χ3n) is 3.13. The van der Waals surface area contributed by atoms with Crippen molar-refractivity contribution in [3.63, 3.8) is 0 Å². The second-order valence-electron chi connectivity index (χ2n) is 4.32. The topological polar surface area (TPSA) is 57.8 Å². The summed E-state index contributed by atoms with van der Waals surface area (Å²) >= 11 is 0. The zero-order valence-corrected chi connectivity index (χ0v) is 9.26. The molecule has 15 heavy (non-hydrogen) atoms. The van der Waals surface area contributed by atoms with E-state index in [0.29, 0.717) is 11.5 Å². The van der Waals surface area contributed by atoms with Crippen molar-refractivity contribution in [3.8, 4) is 0 Å². The first-order chi connectivity index (χ1) is 7.18. The third kappa shape index (κ3) is 2.03. The van der Waals surface area contributed by atoms with Crippen molar-refractivity contribution in [2.75, 3.05) is 6.54 Å². The number of carbonyl (C=O) groups excluding carboxylic acids is 1. The molecule has 1 saturated carbocycles. The van der Waals surface area contributed by atoms with Gasteiger partial charge in [0.2, 0.25) is 0 Å². The molecule has 0 atom stereocenters. The van der Waals surface area contributed by atoms with Crippen LogP contribution in [0.3, 0.4) is 0 Å². The van der Waals surface area contributed by atoms with Gasteiger partial charge >= 0.3 is 0 Å². The molecule has 1 amide bonds. The van der Waals surface area contributed by atoms with Gasteiger partial charge in [0.25, 0.3) is 5.91 Å². The van der Waals surface area contributed by atoms with Crippen LogP contribution in [-0.2, 0) is 0 Å². The Bertz CT molecular complexity index is 346. The van der Waals surface area contributed by atoms with Crippen LogP contribution >= 0.6 is 0 Å². The first kappa shape index (κ1) is 10.2. The quantitative estimate of drug-likeness (QED) is 0.790. The van der Waals surface area contributed by atoms with E-state index in [-0.39, 0.29) is 5.91 Å². The number of aromatic nitrogens is 2. The molecule has 4 nitrogen and oxygen atoms in total. The molecule has 1 aliphatic rings. The molecule has 0 bridgehead atoms. The summed E-state index contributed by atoms with van der Waals surface area (Å²) in [5.74, 6) is 0.701. The van der Waals surface area contributed by atoms with Gasteiger partial charge in [0.1, 0.15) is 0 Å². The zero-order chi connectivity index (χ0) is 10.8. The number of aromatic amines is 1. The molecule has 0 spiro atoms. The number of hydrogen-bond donors (Lipinski definition) is 2. The number of nitrogens with zero attached hydrogens (tertiary/aromatic N) is 1. The fourth-order valence-electron chi connectivity index (χ4n) is 1.91. The first-order valence-electron chi connectivity index (χ1n) is 5.48. The number of carbonyl (C=O) groups is 1. The molecule has 2 rings (SSSR count). The van der Waals surface area contributed by atoms with Crippen LogP contribution < -0.4 is 5.32 Å². The van der Waals surface area contributed by atoms with Crippen molar-refractivity contribution in [1.29, 1.82) is 0 Å². The average molecular weight is 207 g/mol. The van der Waals surface area contributed by atoms with Crippen molar-refractivity contribution < 1.29 is 4.79 Å². The molecule has 1 aromatic heterocycles. The van der Waals surface area contributed by atoms with Crippen molar-refractivity contribution in [1.82, 2.24) is 15.5 Å². The van der Waals surface area contributed by atoms with E-state index in [1.807, 2.05) is 13.8 Å². The van der Waals surface area contributed by atoms with Crippen LogP contribution in [0.4, 0.5) is 0 Å². The van der Waals surface area contributed by atoms with Crippen molar-refractivity contribution in [2.45, 2.75) is 33.1 Å². The summed E-state index contributed by atoms with van der Waals surface area (Å²) < 4.78 is 0. The lowest BCUT2D eigenvalue weighted by atomic mass is 9.85. The van der Waals surface area contributed by atoms with Gasteiger partial charge in [0.05, 0.1) is 11.3 Å². The zero-order valence-electron chi connectivity index (χ0n) is 9.26. The Morgan fingerprint density at radius 2 is 2.27 bits per heavy atom. The van der Waals surface area contributed by atoms with Crippen LogP contribution in [0.1, 0.15) is 41.0 Å². The van der Waals surface area contributed by atoms with Gasteiger partial charge < -0.3 is 5.32 Å². The Morgan fingerprint density at radius 3 is 2.73 bits per heavy atom. The molecule has 4 heteroatoms. The molecule has 0 aliphatic heterocycles. The number of aryl methyl sites for hydroxylation is 2. The van der Waals surface area contributed by atoms with E-state index in [1.165, 1.54) is 19.3 Å². The highest BCUT2D eigenvalue weighted by Crippen LogP contribution is 2.25. The summed E-state index contributed by atoms with van der Waals surface area (Å²) in [4.78, 5) is 11.8. The highest BCUT2D eigenvalue weighted by molar-refractivity contribution is 5.96. The smallest absolute Gasteiger partial charge is 0.255 e. The van der Waals surface area contributed by atoms with Crippen molar-refractivity contribution in [2.24, 2.45) is 5.92 Å². The molecule has 1 heterocycles. The Balaban J connectivity index is 1.95. The van der Waals surface area contributed by atoms with Gasteiger partial charge in [0.15, 0.2) is 0 Å². The Hall–Kier alpha value is -1.32. The van der Waals surface area contributed by atoms with E-state index >= 15 is 0 Å². The van der Waals surface area contributed by atoms with E-state index in [0.717, 1.165) is 17.9 Å². The number of hydrogen-bond acceptors (Lipinski definition) is 2. The van der Waals surface area contributed by atoms with E-state index < -0.39 is 0 Å². The highest BCUT2D eigenvalue weighted by atomic mass is 16.1. The minimum atomic E-state index is 0.00523. The average Bonchev–Trinajstić information content (AvgIpc) is 2.43. The van der Waals surface area contributed by atoms with Crippen molar-refractivity contribution >= 4 is 5.91 Å². The van der Waals surface area contributed by atoms with Gasteiger partial charge in [-0.3, -0.25) is 9.89 Å². The number of rotatable bonds is 3.